The van der Waals surface area contributed by atoms with Crippen LogP contribution in [-0.4, -0.2) is 26.8 Å². The maximum absolute atomic E-state index is 11.9. The number of pyridine rings is 1. The number of aliphatic imine (C=N–C) groups is 1. The Morgan fingerprint density at radius 1 is 1.48 bits per heavy atom. The van der Waals surface area contributed by atoms with E-state index < -0.39 is 0 Å². The lowest BCUT2D eigenvalue weighted by atomic mass is 9.99. The lowest BCUT2D eigenvalue weighted by Gasteiger charge is -2.11. The molecule has 1 aliphatic heterocycles. The first-order valence-corrected chi connectivity index (χ1v) is 8.16. The van der Waals surface area contributed by atoms with Gasteiger partial charge in [0.25, 0.3) is 0 Å². The average molecular weight is 328 g/mol. The molecule has 118 valence electrons. The number of rotatable bonds is 4. The number of nitrogens with zero attached hydrogens (tertiary/aromatic N) is 3. The van der Waals surface area contributed by atoms with Crippen LogP contribution in [0.25, 0.3) is 5.57 Å². The number of hydrogen-bond donors (Lipinski definition) is 1. The first kappa shape index (κ1) is 15.5. The standard InChI is InChI=1S/C16H16N4O2S/c1-10-6-14(20-22-10)19-15(21)9-23-16-11(2)13(8-18-16)12-4-3-5-17-7-12/h3-8,11H,9H2,1-2H3,(H,19,20,21). The quantitative estimate of drug-likeness (QED) is 0.932. The van der Waals surface area contributed by atoms with Crippen LogP contribution in [0, 0.1) is 12.8 Å². The zero-order chi connectivity index (χ0) is 16.2. The van der Waals surface area contributed by atoms with Gasteiger partial charge in [0.1, 0.15) is 5.76 Å². The highest BCUT2D eigenvalue weighted by molar-refractivity contribution is 8.14. The van der Waals surface area contributed by atoms with Crippen LogP contribution in [0.1, 0.15) is 18.2 Å². The Labute approximate surface area is 138 Å². The van der Waals surface area contributed by atoms with Gasteiger partial charge in [0.2, 0.25) is 5.91 Å². The van der Waals surface area contributed by atoms with E-state index in [-0.39, 0.29) is 17.6 Å². The van der Waals surface area contributed by atoms with Crippen LogP contribution in [0.5, 0.6) is 0 Å². The van der Waals surface area contributed by atoms with Gasteiger partial charge in [-0.15, -0.1) is 11.8 Å². The van der Waals surface area contributed by atoms with Crippen LogP contribution < -0.4 is 5.32 Å². The number of carbonyl (C=O) groups excluding carboxylic acids is 1. The molecule has 7 heteroatoms. The number of thioether (sulfide) groups is 1. The summed E-state index contributed by atoms with van der Waals surface area (Å²) in [5.74, 6) is 1.40. The van der Waals surface area contributed by atoms with Gasteiger partial charge < -0.3 is 9.84 Å². The van der Waals surface area contributed by atoms with E-state index in [1.54, 1.807) is 19.2 Å². The molecule has 3 rings (SSSR count). The number of carbonyl (C=O) groups is 1. The Hall–Kier alpha value is -2.41. The maximum atomic E-state index is 11.9. The molecule has 2 aromatic heterocycles. The predicted octanol–water partition coefficient (Wildman–Crippen LogP) is 3.14. The van der Waals surface area contributed by atoms with Gasteiger partial charge >= 0.3 is 0 Å². The third-order valence-corrected chi connectivity index (χ3v) is 4.57. The van der Waals surface area contributed by atoms with Crippen LogP contribution in [0.2, 0.25) is 0 Å². The first-order valence-electron chi connectivity index (χ1n) is 7.17. The SMILES string of the molecule is Cc1cc(NC(=O)CSC2=NC=C(c3cccnc3)C2C)no1. The summed E-state index contributed by atoms with van der Waals surface area (Å²) in [6.45, 7) is 3.86. The third kappa shape index (κ3) is 3.68. The average Bonchev–Trinajstić information content (AvgIpc) is 3.12. The molecule has 23 heavy (non-hydrogen) atoms. The molecular formula is C16H16N4O2S. The Morgan fingerprint density at radius 3 is 3.04 bits per heavy atom. The zero-order valence-corrected chi connectivity index (χ0v) is 13.6. The van der Waals surface area contributed by atoms with Crippen LogP contribution in [0.15, 0.2) is 46.3 Å². The number of amides is 1. The molecule has 0 fully saturated rings. The molecule has 1 amide bonds. The lowest BCUT2D eigenvalue weighted by molar-refractivity contribution is -0.113. The molecule has 0 bridgehead atoms. The summed E-state index contributed by atoms with van der Waals surface area (Å²) >= 11 is 1.43. The molecule has 0 aliphatic carbocycles. The monoisotopic (exact) mass is 328 g/mol. The number of nitrogens with one attached hydrogen (secondary N) is 1. The van der Waals surface area contributed by atoms with Crippen LogP contribution in [0.4, 0.5) is 5.82 Å². The molecule has 0 aromatic carbocycles. The second-order valence-electron chi connectivity index (χ2n) is 5.17. The summed E-state index contributed by atoms with van der Waals surface area (Å²) in [5, 5.41) is 7.36. The number of aromatic nitrogens is 2. The topological polar surface area (TPSA) is 80.4 Å². The van der Waals surface area contributed by atoms with Crippen molar-refractivity contribution in [1.29, 1.82) is 0 Å². The van der Waals surface area contributed by atoms with Crippen molar-refractivity contribution < 1.29 is 9.32 Å². The molecule has 1 unspecified atom stereocenters. The second-order valence-corrected chi connectivity index (χ2v) is 6.17. The summed E-state index contributed by atoms with van der Waals surface area (Å²) in [6, 6.07) is 5.60. The minimum Gasteiger partial charge on any atom is -0.360 e. The van der Waals surface area contributed by atoms with Crippen molar-refractivity contribution in [2.24, 2.45) is 10.9 Å². The fourth-order valence-corrected chi connectivity index (χ4v) is 3.11. The van der Waals surface area contributed by atoms with E-state index in [0.29, 0.717) is 11.6 Å². The van der Waals surface area contributed by atoms with E-state index in [1.165, 1.54) is 11.8 Å². The van der Waals surface area contributed by atoms with Gasteiger partial charge in [-0.2, -0.15) is 0 Å². The fraction of sp³-hybridized carbons (Fsp3) is 0.250. The summed E-state index contributed by atoms with van der Waals surface area (Å²) in [6.07, 6.45) is 5.42. The van der Waals surface area contributed by atoms with Gasteiger partial charge in [0, 0.05) is 30.6 Å². The van der Waals surface area contributed by atoms with Gasteiger partial charge in [-0.1, -0.05) is 18.1 Å². The van der Waals surface area contributed by atoms with Crippen LogP contribution in [0.3, 0.4) is 0 Å². The molecule has 3 heterocycles. The van der Waals surface area contributed by atoms with Crippen molar-refractivity contribution in [1.82, 2.24) is 10.1 Å². The van der Waals surface area contributed by atoms with Crippen molar-refractivity contribution in [2.75, 3.05) is 11.1 Å². The normalized spacial score (nSPS) is 16.9. The second kappa shape index (κ2) is 6.78. The molecule has 0 saturated carbocycles. The molecule has 1 aliphatic rings. The van der Waals surface area contributed by atoms with Gasteiger partial charge in [-0.25, -0.2) is 0 Å². The van der Waals surface area contributed by atoms with Crippen molar-refractivity contribution in [3.63, 3.8) is 0 Å². The largest absolute Gasteiger partial charge is 0.360 e. The van der Waals surface area contributed by atoms with E-state index in [0.717, 1.165) is 16.2 Å². The molecule has 0 radical (unpaired) electrons. The van der Waals surface area contributed by atoms with E-state index in [1.807, 2.05) is 24.5 Å². The molecule has 0 spiro atoms. The first-order chi connectivity index (χ1) is 11.1. The maximum Gasteiger partial charge on any atom is 0.236 e. The van der Waals surface area contributed by atoms with Crippen molar-refractivity contribution in [3.05, 3.63) is 48.1 Å². The van der Waals surface area contributed by atoms with E-state index in [4.69, 9.17) is 4.52 Å². The Balaban J connectivity index is 1.53. The molecule has 1 atom stereocenters. The molecule has 1 N–H and O–H groups in total. The van der Waals surface area contributed by atoms with E-state index in [2.05, 4.69) is 27.4 Å². The van der Waals surface area contributed by atoms with Crippen molar-refractivity contribution >= 4 is 34.1 Å². The smallest absolute Gasteiger partial charge is 0.236 e. The Bertz CT molecular complexity index is 767. The summed E-state index contributed by atoms with van der Waals surface area (Å²) in [5.41, 5.74) is 2.18. The Kier molecular flexibility index (Phi) is 4.57. The molecule has 2 aromatic rings. The van der Waals surface area contributed by atoms with E-state index in [9.17, 15) is 4.79 Å². The minimum atomic E-state index is -0.131. The fourth-order valence-electron chi connectivity index (χ4n) is 2.25. The molecular weight excluding hydrogens is 312 g/mol. The summed E-state index contributed by atoms with van der Waals surface area (Å²) in [4.78, 5) is 20.5. The van der Waals surface area contributed by atoms with Gasteiger partial charge in [0.05, 0.1) is 10.8 Å². The van der Waals surface area contributed by atoms with Crippen LogP contribution in [-0.2, 0) is 4.79 Å². The van der Waals surface area contributed by atoms with Gasteiger partial charge in [-0.05, 0) is 24.1 Å². The Morgan fingerprint density at radius 2 is 2.35 bits per heavy atom. The van der Waals surface area contributed by atoms with Crippen molar-refractivity contribution in [2.45, 2.75) is 13.8 Å². The minimum absolute atomic E-state index is 0.131. The zero-order valence-electron chi connectivity index (χ0n) is 12.8. The van der Waals surface area contributed by atoms with E-state index >= 15 is 0 Å². The number of hydrogen-bond acceptors (Lipinski definition) is 6. The highest BCUT2D eigenvalue weighted by Crippen LogP contribution is 2.32. The van der Waals surface area contributed by atoms with Gasteiger partial charge in [-0.3, -0.25) is 14.8 Å². The highest BCUT2D eigenvalue weighted by atomic mass is 32.2. The van der Waals surface area contributed by atoms with Crippen molar-refractivity contribution in [3.8, 4) is 0 Å². The lowest BCUT2D eigenvalue weighted by Crippen LogP contribution is -2.16. The molecule has 6 nitrogen and oxygen atoms in total. The molecule has 0 saturated heterocycles. The van der Waals surface area contributed by atoms with Crippen LogP contribution >= 0.6 is 11.8 Å². The summed E-state index contributed by atoms with van der Waals surface area (Å²) < 4.78 is 4.91. The number of anilines is 1. The predicted molar refractivity (Wildman–Crippen MR) is 91.1 cm³/mol. The van der Waals surface area contributed by atoms with Gasteiger partial charge in [0.15, 0.2) is 5.82 Å². The number of allylic oxidation sites excluding steroid dienone is 1. The number of aryl methyl sites for hydroxylation is 1. The third-order valence-electron chi connectivity index (χ3n) is 3.41. The summed E-state index contributed by atoms with van der Waals surface area (Å²) in [7, 11) is 0. The highest BCUT2D eigenvalue weighted by Gasteiger charge is 2.23.